The lowest BCUT2D eigenvalue weighted by molar-refractivity contribution is -0.119. The molecule has 0 aromatic heterocycles. The SMILES string of the molecule is CC(C)C(=O)Nc1ccc(N2CCCC2=O)c(Cl)c1. The minimum Gasteiger partial charge on any atom is -0.326 e. The predicted molar refractivity (Wildman–Crippen MR) is 76.5 cm³/mol. The highest BCUT2D eigenvalue weighted by Crippen LogP contribution is 2.31. The Bertz CT molecular complexity index is 514. The molecule has 1 aliphatic rings. The van der Waals surface area contributed by atoms with E-state index < -0.39 is 0 Å². The highest BCUT2D eigenvalue weighted by Gasteiger charge is 2.23. The van der Waals surface area contributed by atoms with Crippen LogP contribution in [0.1, 0.15) is 26.7 Å². The topological polar surface area (TPSA) is 49.4 Å². The van der Waals surface area contributed by atoms with Gasteiger partial charge in [-0.05, 0) is 24.6 Å². The normalized spacial score (nSPS) is 15.2. The molecular weight excluding hydrogens is 264 g/mol. The molecule has 1 aromatic carbocycles. The van der Waals surface area contributed by atoms with E-state index >= 15 is 0 Å². The molecule has 1 fully saturated rings. The molecule has 0 saturated carbocycles. The van der Waals surface area contributed by atoms with Crippen LogP contribution in [-0.4, -0.2) is 18.4 Å². The van der Waals surface area contributed by atoms with E-state index in [1.54, 1.807) is 23.1 Å². The predicted octanol–water partition coefficient (Wildman–Crippen LogP) is 3.06. The van der Waals surface area contributed by atoms with E-state index in [1.165, 1.54) is 0 Å². The summed E-state index contributed by atoms with van der Waals surface area (Å²) >= 11 is 6.19. The minimum absolute atomic E-state index is 0.0546. The number of rotatable bonds is 3. The summed E-state index contributed by atoms with van der Waals surface area (Å²) < 4.78 is 0. The van der Waals surface area contributed by atoms with Crippen LogP contribution in [-0.2, 0) is 9.59 Å². The summed E-state index contributed by atoms with van der Waals surface area (Å²) in [6.45, 7) is 4.36. The van der Waals surface area contributed by atoms with Gasteiger partial charge in [-0.15, -0.1) is 0 Å². The molecule has 19 heavy (non-hydrogen) atoms. The van der Waals surface area contributed by atoms with Gasteiger partial charge in [0.1, 0.15) is 0 Å². The van der Waals surface area contributed by atoms with Crippen LogP contribution >= 0.6 is 11.6 Å². The Morgan fingerprint density at radius 2 is 2.16 bits per heavy atom. The van der Waals surface area contributed by atoms with Gasteiger partial charge in [0.25, 0.3) is 0 Å². The molecule has 1 aliphatic heterocycles. The third-order valence-electron chi connectivity index (χ3n) is 3.10. The lowest BCUT2D eigenvalue weighted by atomic mass is 10.2. The fourth-order valence-electron chi connectivity index (χ4n) is 1.99. The van der Waals surface area contributed by atoms with Crippen molar-refractivity contribution in [3.63, 3.8) is 0 Å². The van der Waals surface area contributed by atoms with E-state index in [0.29, 0.717) is 29.4 Å². The molecule has 2 rings (SSSR count). The molecule has 2 amide bonds. The number of amides is 2. The van der Waals surface area contributed by atoms with E-state index in [9.17, 15) is 9.59 Å². The van der Waals surface area contributed by atoms with Crippen LogP contribution in [0.2, 0.25) is 5.02 Å². The summed E-state index contributed by atoms with van der Waals surface area (Å²) in [6, 6.07) is 5.23. The first-order valence-corrected chi connectivity index (χ1v) is 6.77. The Morgan fingerprint density at radius 3 is 2.68 bits per heavy atom. The lowest BCUT2D eigenvalue weighted by Crippen LogP contribution is -2.24. The van der Waals surface area contributed by atoms with Crippen molar-refractivity contribution in [2.75, 3.05) is 16.8 Å². The number of carbonyl (C=O) groups is 2. The van der Waals surface area contributed by atoms with Gasteiger partial charge in [-0.2, -0.15) is 0 Å². The van der Waals surface area contributed by atoms with E-state index in [2.05, 4.69) is 5.32 Å². The van der Waals surface area contributed by atoms with Crippen molar-refractivity contribution < 1.29 is 9.59 Å². The maximum Gasteiger partial charge on any atom is 0.227 e. The third kappa shape index (κ3) is 3.07. The molecule has 0 unspecified atom stereocenters. The van der Waals surface area contributed by atoms with Crippen LogP contribution in [0.3, 0.4) is 0 Å². The Morgan fingerprint density at radius 1 is 1.42 bits per heavy atom. The average Bonchev–Trinajstić information content (AvgIpc) is 2.75. The van der Waals surface area contributed by atoms with Gasteiger partial charge in [0.2, 0.25) is 11.8 Å². The van der Waals surface area contributed by atoms with E-state index in [1.807, 2.05) is 13.8 Å². The molecular formula is C14H17ClN2O2. The zero-order valence-corrected chi connectivity index (χ0v) is 11.8. The zero-order chi connectivity index (χ0) is 14.0. The summed E-state index contributed by atoms with van der Waals surface area (Å²) in [5, 5.41) is 3.27. The molecule has 1 N–H and O–H groups in total. The number of hydrogen-bond donors (Lipinski definition) is 1. The van der Waals surface area contributed by atoms with Gasteiger partial charge in [-0.1, -0.05) is 25.4 Å². The van der Waals surface area contributed by atoms with E-state index in [4.69, 9.17) is 11.6 Å². The molecule has 0 bridgehead atoms. The molecule has 0 spiro atoms. The van der Waals surface area contributed by atoms with Crippen molar-refractivity contribution in [3.8, 4) is 0 Å². The Hall–Kier alpha value is -1.55. The first-order valence-electron chi connectivity index (χ1n) is 6.40. The van der Waals surface area contributed by atoms with Gasteiger partial charge in [-0.25, -0.2) is 0 Å². The van der Waals surface area contributed by atoms with Crippen LogP contribution in [0.5, 0.6) is 0 Å². The summed E-state index contributed by atoms with van der Waals surface area (Å²) in [5.41, 5.74) is 1.37. The van der Waals surface area contributed by atoms with Gasteiger partial charge < -0.3 is 10.2 Å². The Kier molecular flexibility index (Phi) is 4.10. The van der Waals surface area contributed by atoms with Crippen LogP contribution < -0.4 is 10.2 Å². The largest absolute Gasteiger partial charge is 0.326 e. The summed E-state index contributed by atoms with van der Waals surface area (Å²) in [7, 11) is 0. The number of nitrogens with one attached hydrogen (secondary N) is 1. The van der Waals surface area contributed by atoms with Crippen LogP contribution in [0.15, 0.2) is 18.2 Å². The maximum absolute atomic E-state index is 11.7. The van der Waals surface area contributed by atoms with Crippen molar-refractivity contribution >= 4 is 34.8 Å². The van der Waals surface area contributed by atoms with Crippen molar-refractivity contribution in [3.05, 3.63) is 23.2 Å². The van der Waals surface area contributed by atoms with Gasteiger partial charge in [0, 0.05) is 24.6 Å². The van der Waals surface area contributed by atoms with Crippen LogP contribution in [0, 0.1) is 5.92 Å². The lowest BCUT2D eigenvalue weighted by Gasteiger charge is -2.18. The van der Waals surface area contributed by atoms with Gasteiger partial charge in [0.15, 0.2) is 0 Å². The van der Waals surface area contributed by atoms with Crippen LogP contribution in [0.4, 0.5) is 11.4 Å². The smallest absolute Gasteiger partial charge is 0.227 e. The second-order valence-electron chi connectivity index (χ2n) is 4.96. The first kappa shape index (κ1) is 13.9. The summed E-state index contributed by atoms with van der Waals surface area (Å²) in [5.74, 6) is -0.0412. The monoisotopic (exact) mass is 280 g/mol. The fraction of sp³-hybridized carbons (Fsp3) is 0.429. The number of hydrogen-bond acceptors (Lipinski definition) is 2. The second-order valence-corrected chi connectivity index (χ2v) is 5.37. The first-order chi connectivity index (χ1) is 8.99. The number of anilines is 2. The highest BCUT2D eigenvalue weighted by atomic mass is 35.5. The van der Waals surface area contributed by atoms with Crippen LogP contribution in [0.25, 0.3) is 0 Å². The van der Waals surface area contributed by atoms with Crippen molar-refractivity contribution in [1.29, 1.82) is 0 Å². The van der Waals surface area contributed by atoms with Gasteiger partial charge in [0.05, 0.1) is 10.7 Å². The minimum atomic E-state index is -0.0846. The number of carbonyl (C=O) groups excluding carboxylic acids is 2. The Balaban J connectivity index is 2.17. The molecule has 0 aliphatic carbocycles. The molecule has 1 saturated heterocycles. The third-order valence-corrected chi connectivity index (χ3v) is 3.41. The van der Waals surface area contributed by atoms with Gasteiger partial charge in [-0.3, -0.25) is 9.59 Å². The number of halogens is 1. The highest BCUT2D eigenvalue weighted by molar-refractivity contribution is 6.34. The molecule has 102 valence electrons. The standard InChI is InChI=1S/C14H17ClN2O2/c1-9(2)14(19)16-10-5-6-12(11(15)8-10)17-7-3-4-13(17)18/h5-6,8-9H,3-4,7H2,1-2H3,(H,16,19). The maximum atomic E-state index is 11.7. The van der Waals surface area contributed by atoms with E-state index in [-0.39, 0.29) is 17.7 Å². The number of benzene rings is 1. The van der Waals surface area contributed by atoms with Gasteiger partial charge >= 0.3 is 0 Å². The van der Waals surface area contributed by atoms with E-state index in [0.717, 1.165) is 6.42 Å². The quantitative estimate of drug-likeness (QED) is 0.925. The molecule has 1 heterocycles. The molecule has 1 aromatic rings. The number of nitrogens with zero attached hydrogens (tertiary/aromatic N) is 1. The summed E-state index contributed by atoms with van der Waals surface area (Å²) in [4.78, 5) is 25.0. The molecule has 4 nitrogen and oxygen atoms in total. The fourth-order valence-corrected chi connectivity index (χ4v) is 2.28. The second kappa shape index (κ2) is 5.61. The van der Waals surface area contributed by atoms with Crippen molar-refractivity contribution in [2.45, 2.75) is 26.7 Å². The molecule has 0 radical (unpaired) electrons. The van der Waals surface area contributed by atoms with Crippen molar-refractivity contribution in [1.82, 2.24) is 0 Å². The average molecular weight is 281 g/mol. The van der Waals surface area contributed by atoms with Crippen molar-refractivity contribution in [2.24, 2.45) is 5.92 Å². The summed E-state index contributed by atoms with van der Waals surface area (Å²) in [6.07, 6.45) is 1.43. The molecule has 5 heteroatoms. The molecule has 0 atom stereocenters. The zero-order valence-electron chi connectivity index (χ0n) is 11.1. The Labute approximate surface area is 117 Å².